The number of carbonyl (C=O) groups is 3. The van der Waals surface area contributed by atoms with Gasteiger partial charge in [0, 0.05) is 29.6 Å². The Bertz CT molecular complexity index is 900. The van der Waals surface area contributed by atoms with Gasteiger partial charge in [-0.2, -0.15) is 0 Å². The number of imide groups is 1. The van der Waals surface area contributed by atoms with E-state index in [9.17, 15) is 14.4 Å². The monoisotopic (exact) mass is 382 g/mol. The van der Waals surface area contributed by atoms with Gasteiger partial charge in [0.2, 0.25) is 5.91 Å². The number of benzene rings is 1. The number of nitrogens with one attached hydrogen (secondary N) is 3. The van der Waals surface area contributed by atoms with E-state index in [1.165, 1.54) is 6.42 Å². The number of hydrogen-bond acceptors (Lipinski definition) is 3. The summed E-state index contributed by atoms with van der Waals surface area (Å²) >= 11 is 0. The molecule has 2 fully saturated rings. The molecule has 0 radical (unpaired) electrons. The molecule has 2 heterocycles. The molecule has 3 N–H and O–H groups in total. The fraction of sp³-hybridized carbons (Fsp3) is 0.476. The Hall–Kier alpha value is -2.83. The van der Waals surface area contributed by atoms with Crippen molar-refractivity contribution >= 4 is 28.7 Å². The van der Waals surface area contributed by atoms with E-state index in [-0.39, 0.29) is 17.9 Å². The number of fused-ring (bicyclic) bond motifs is 1. The van der Waals surface area contributed by atoms with Crippen molar-refractivity contribution in [2.24, 2.45) is 0 Å². The fourth-order valence-electron chi connectivity index (χ4n) is 4.26. The van der Waals surface area contributed by atoms with E-state index in [0.717, 1.165) is 47.0 Å². The molecular weight excluding hydrogens is 356 g/mol. The molecule has 28 heavy (non-hydrogen) atoms. The molecule has 7 heteroatoms. The third-order valence-corrected chi connectivity index (χ3v) is 5.87. The molecule has 0 bridgehead atoms. The second-order valence-corrected chi connectivity index (χ2v) is 7.79. The normalized spacial score (nSPS) is 21.8. The summed E-state index contributed by atoms with van der Waals surface area (Å²) in [7, 11) is 0. The highest BCUT2D eigenvalue weighted by molar-refractivity contribution is 6.07. The lowest BCUT2D eigenvalue weighted by molar-refractivity contribution is -0.135. The molecule has 1 aliphatic carbocycles. The Kier molecular flexibility index (Phi) is 5.07. The Morgan fingerprint density at radius 1 is 1.21 bits per heavy atom. The first-order valence-electron chi connectivity index (χ1n) is 10.0. The number of para-hydroxylation sites is 1. The molecule has 2 aromatic rings. The maximum absolute atomic E-state index is 12.9. The van der Waals surface area contributed by atoms with Crippen LogP contribution in [0.2, 0.25) is 0 Å². The number of hydrogen-bond donors (Lipinski definition) is 3. The summed E-state index contributed by atoms with van der Waals surface area (Å²) in [5.74, 6) is -0.607. The van der Waals surface area contributed by atoms with Crippen LogP contribution in [0.4, 0.5) is 4.79 Å². The van der Waals surface area contributed by atoms with Crippen molar-refractivity contribution in [3.05, 3.63) is 36.0 Å². The molecule has 1 aromatic heterocycles. The van der Waals surface area contributed by atoms with Crippen LogP contribution in [0.3, 0.4) is 0 Å². The molecule has 2 atom stereocenters. The smallest absolute Gasteiger partial charge is 0.325 e. The number of nitrogens with zero attached hydrogens (tertiary/aromatic N) is 1. The molecule has 4 amide bonds. The molecule has 7 nitrogen and oxygen atoms in total. The Balaban J connectivity index is 1.43. The van der Waals surface area contributed by atoms with Gasteiger partial charge < -0.3 is 15.6 Å². The maximum Gasteiger partial charge on any atom is 0.325 e. The van der Waals surface area contributed by atoms with Crippen LogP contribution in [0.1, 0.15) is 44.6 Å². The largest absolute Gasteiger partial charge is 0.361 e. The molecular formula is C21H26N4O3. The van der Waals surface area contributed by atoms with Crippen LogP contribution in [0, 0.1) is 0 Å². The molecule has 1 saturated carbocycles. The second-order valence-electron chi connectivity index (χ2n) is 7.79. The number of carbonyl (C=O) groups excluding carboxylic acids is 3. The zero-order valence-electron chi connectivity index (χ0n) is 16.0. The SMILES string of the molecule is CC(C(=O)NC1CCCCC1)N1C(=O)NC(Cc2c[nH]c3ccccc23)C1=O. The molecule has 4 rings (SSSR count). The average Bonchev–Trinajstić information content (AvgIpc) is 3.23. The molecule has 2 aliphatic rings. The molecule has 1 saturated heterocycles. The van der Waals surface area contributed by atoms with Crippen molar-refractivity contribution in [1.29, 1.82) is 0 Å². The van der Waals surface area contributed by atoms with Crippen molar-refractivity contribution in [2.75, 3.05) is 0 Å². The zero-order valence-corrected chi connectivity index (χ0v) is 16.0. The summed E-state index contributed by atoms with van der Waals surface area (Å²) in [5, 5.41) is 6.78. The summed E-state index contributed by atoms with van der Waals surface area (Å²) in [6.07, 6.45) is 7.59. The van der Waals surface area contributed by atoms with Gasteiger partial charge in [0.1, 0.15) is 12.1 Å². The van der Waals surface area contributed by atoms with E-state index in [1.807, 2.05) is 30.5 Å². The van der Waals surface area contributed by atoms with E-state index < -0.39 is 18.1 Å². The highest BCUT2D eigenvalue weighted by Crippen LogP contribution is 2.22. The predicted octanol–water partition coefficient (Wildman–Crippen LogP) is 2.47. The van der Waals surface area contributed by atoms with Gasteiger partial charge >= 0.3 is 6.03 Å². The van der Waals surface area contributed by atoms with Crippen LogP contribution >= 0.6 is 0 Å². The van der Waals surface area contributed by atoms with Crippen LogP contribution in [-0.4, -0.2) is 45.9 Å². The standard InChI is InChI=1S/C21H26N4O3/c1-13(19(26)23-15-7-3-2-4-8-15)25-20(27)18(24-21(25)28)11-14-12-22-17-10-6-5-9-16(14)17/h5-6,9-10,12-13,15,18,22H,2-4,7-8,11H2,1H3,(H,23,26)(H,24,28). The quantitative estimate of drug-likeness (QED) is 0.694. The van der Waals surface area contributed by atoms with Crippen LogP contribution in [0.5, 0.6) is 0 Å². The first kappa shape index (κ1) is 18.5. The lowest BCUT2D eigenvalue weighted by Gasteiger charge is -2.27. The number of amides is 4. The molecule has 1 aliphatic heterocycles. The zero-order chi connectivity index (χ0) is 19.7. The van der Waals surface area contributed by atoms with Gasteiger partial charge in [-0.15, -0.1) is 0 Å². The van der Waals surface area contributed by atoms with Crippen LogP contribution in [0.25, 0.3) is 10.9 Å². The van der Waals surface area contributed by atoms with Gasteiger partial charge in [0.15, 0.2) is 0 Å². The van der Waals surface area contributed by atoms with Crippen LogP contribution < -0.4 is 10.6 Å². The van der Waals surface area contributed by atoms with Crippen molar-refractivity contribution < 1.29 is 14.4 Å². The minimum atomic E-state index is -0.817. The van der Waals surface area contributed by atoms with E-state index in [2.05, 4.69) is 15.6 Å². The second kappa shape index (κ2) is 7.66. The van der Waals surface area contributed by atoms with Gasteiger partial charge in [-0.05, 0) is 31.4 Å². The fourth-order valence-corrected chi connectivity index (χ4v) is 4.26. The topological polar surface area (TPSA) is 94.3 Å². The summed E-state index contributed by atoms with van der Waals surface area (Å²) in [4.78, 5) is 42.1. The number of rotatable bonds is 5. The van der Waals surface area contributed by atoms with E-state index in [4.69, 9.17) is 0 Å². The predicted molar refractivity (Wildman–Crippen MR) is 106 cm³/mol. The Morgan fingerprint density at radius 3 is 2.75 bits per heavy atom. The number of H-pyrrole nitrogens is 1. The first-order chi connectivity index (χ1) is 13.5. The van der Waals surface area contributed by atoms with Gasteiger partial charge in [-0.25, -0.2) is 4.79 Å². The lowest BCUT2D eigenvalue weighted by atomic mass is 9.95. The summed E-state index contributed by atoms with van der Waals surface area (Å²) in [5.41, 5.74) is 1.96. The van der Waals surface area contributed by atoms with E-state index >= 15 is 0 Å². The maximum atomic E-state index is 12.9. The van der Waals surface area contributed by atoms with Crippen molar-refractivity contribution in [1.82, 2.24) is 20.5 Å². The van der Waals surface area contributed by atoms with Crippen molar-refractivity contribution in [3.63, 3.8) is 0 Å². The van der Waals surface area contributed by atoms with E-state index in [0.29, 0.717) is 6.42 Å². The summed E-state index contributed by atoms with van der Waals surface area (Å²) in [6.45, 7) is 1.61. The summed E-state index contributed by atoms with van der Waals surface area (Å²) < 4.78 is 0. The van der Waals surface area contributed by atoms with Gasteiger partial charge in [-0.1, -0.05) is 37.5 Å². The van der Waals surface area contributed by atoms with Gasteiger partial charge in [-0.3, -0.25) is 14.5 Å². The Labute approximate surface area is 163 Å². The van der Waals surface area contributed by atoms with Gasteiger partial charge in [0.05, 0.1) is 0 Å². The van der Waals surface area contributed by atoms with Crippen LogP contribution in [-0.2, 0) is 16.0 Å². The molecule has 1 aromatic carbocycles. The molecule has 2 unspecified atom stereocenters. The molecule has 148 valence electrons. The highest BCUT2D eigenvalue weighted by atomic mass is 16.2. The number of aromatic amines is 1. The number of aromatic nitrogens is 1. The minimum Gasteiger partial charge on any atom is -0.361 e. The first-order valence-corrected chi connectivity index (χ1v) is 10.0. The third-order valence-electron chi connectivity index (χ3n) is 5.87. The summed E-state index contributed by atoms with van der Waals surface area (Å²) in [6, 6.07) is 6.02. The molecule has 0 spiro atoms. The lowest BCUT2D eigenvalue weighted by Crippen LogP contribution is -2.51. The average molecular weight is 382 g/mol. The highest BCUT2D eigenvalue weighted by Gasteiger charge is 2.43. The van der Waals surface area contributed by atoms with Crippen molar-refractivity contribution in [3.8, 4) is 0 Å². The van der Waals surface area contributed by atoms with Crippen LogP contribution in [0.15, 0.2) is 30.5 Å². The minimum absolute atomic E-state index is 0.145. The van der Waals surface area contributed by atoms with Crippen molar-refractivity contribution in [2.45, 2.75) is 63.6 Å². The number of urea groups is 1. The van der Waals surface area contributed by atoms with E-state index in [1.54, 1.807) is 6.92 Å². The third kappa shape index (κ3) is 3.48. The Morgan fingerprint density at radius 2 is 1.96 bits per heavy atom. The van der Waals surface area contributed by atoms with Gasteiger partial charge in [0.25, 0.3) is 5.91 Å².